The average molecular weight is 443 g/mol. The molecule has 7 heteroatoms. The number of piperidine rings is 1. The van der Waals surface area contributed by atoms with Crippen molar-refractivity contribution < 1.29 is 19.1 Å². The quantitative estimate of drug-likeness (QED) is 0.611. The van der Waals surface area contributed by atoms with Crippen LogP contribution in [0.15, 0.2) is 42.5 Å². The number of carbonyl (C=O) groups excluding carboxylic acids is 2. The molecule has 0 unspecified atom stereocenters. The zero-order valence-electron chi connectivity index (χ0n) is 17.8. The Balaban J connectivity index is 1.74. The van der Waals surface area contributed by atoms with Gasteiger partial charge in [-0.25, -0.2) is 0 Å². The topological polar surface area (TPSA) is 67.9 Å². The molecule has 0 saturated carbocycles. The number of hydrogen-bond acceptors (Lipinski definition) is 4. The zero-order valence-corrected chi connectivity index (χ0v) is 18.6. The molecule has 1 aliphatic rings. The van der Waals surface area contributed by atoms with Gasteiger partial charge in [-0.15, -0.1) is 0 Å². The molecule has 164 valence electrons. The van der Waals surface area contributed by atoms with Crippen molar-refractivity contribution in [3.8, 4) is 11.5 Å². The summed E-state index contributed by atoms with van der Waals surface area (Å²) < 4.78 is 10.8. The predicted octanol–water partition coefficient (Wildman–Crippen LogP) is 5.03. The minimum absolute atomic E-state index is 0.0529. The maximum absolute atomic E-state index is 12.9. The van der Waals surface area contributed by atoms with Crippen LogP contribution in [0.1, 0.15) is 42.1 Å². The first kappa shape index (κ1) is 22.7. The first-order valence-electron chi connectivity index (χ1n) is 10.4. The van der Waals surface area contributed by atoms with Crippen LogP contribution >= 0.6 is 11.6 Å². The van der Waals surface area contributed by atoms with E-state index in [1.54, 1.807) is 42.5 Å². The minimum Gasteiger partial charge on any atom is -0.491 e. The number of rotatable bonds is 7. The first-order valence-corrected chi connectivity index (χ1v) is 10.8. The smallest absolute Gasteiger partial charge is 0.255 e. The number of para-hydroxylation sites is 1. The highest BCUT2D eigenvalue weighted by molar-refractivity contribution is 6.32. The number of carbonyl (C=O) groups is 2. The molecule has 1 aliphatic heterocycles. The molecule has 0 radical (unpaired) electrons. The third kappa shape index (κ3) is 5.79. The monoisotopic (exact) mass is 442 g/mol. The van der Waals surface area contributed by atoms with E-state index in [-0.39, 0.29) is 11.8 Å². The van der Waals surface area contributed by atoms with Crippen molar-refractivity contribution in [2.75, 3.05) is 32.1 Å². The zero-order chi connectivity index (χ0) is 22.2. The van der Waals surface area contributed by atoms with Gasteiger partial charge in [-0.2, -0.15) is 0 Å². The molecule has 31 heavy (non-hydrogen) atoms. The summed E-state index contributed by atoms with van der Waals surface area (Å²) >= 11 is 6.26. The van der Waals surface area contributed by atoms with Crippen molar-refractivity contribution >= 4 is 35.2 Å². The van der Waals surface area contributed by atoms with Crippen LogP contribution < -0.4 is 14.8 Å². The Kier molecular flexibility index (Phi) is 7.95. The van der Waals surface area contributed by atoms with Crippen LogP contribution in [0.4, 0.5) is 5.69 Å². The van der Waals surface area contributed by atoms with E-state index in [1.807, 2.05) is 11.8 Å². The summed E-state index contributed by atoms with van der Waals surface area (Å²) in [5.41, 5.74) is 1.69. The third-order valence-corrected chi connectivity index (χ3v) is 5.30. The van der Waals surface area contributed by atoms with Gasteiger partial charge in [0.2, 0.25) is 5.91 Å². The largest absolute Gasteiger partial charge is 0.491 e. The number of amides is 2. The van der Waals surface area contributed by atoms with E-state index in [2.05, 4.69) is 5.32 Å². The SMILES string of the molecule is CCOc1cc(/C=C/C(=O)Nc2ccccc2C(=O)N2CCCCC2)cc(Cl)c1OC. The standard InChI is InChI=1S/C24H27ClN2O4/c1-3-31-21-16-17(15-19(25)23(21)30-2)11-12-22(28)26-20-10-6-5-9-18(20)24(29)27-13-7-4-8-14-27/h5-6,9-12,15-16H,3-4,7-8,13-14H2,1-2H3,(H,26,28)/b12-11+. The van der Waals surface area contributed by atoms with Gasteiger partial charge < -0.3 is 19.7 Å². The fraction of sp³-hybridized carbons (Fsp3) is 0.333. The van der Waals surface area contributed by atoms with E-state index in [1.165, 1.54) is 13.2 Å². The number of anilines is 1. The summed E-state index contributed by atoms with van der Waals surface area (Å²) in [4.78, 5) is 27.3. The van der Waals surface area contributed by atoms with Gasteiger partial charge >= 0.3 is 0 Å². The number of methoxy groups -OCH3 is 1. The number of ether oxygens (including phenoxy) is 2. The fourth-order valence-corrected chi connectivity index (χ4v) is 3.83. The number of halogens is 1. The number of hydrogen-bond donors (Lipinski definition) is 1. The summed E-state index contributed by atoms with van der Waals surface area (Å²) in [7, 11) is 1.52. The van der Waals surface area contributed by atoms with Crippen LogP contribution in [-0.4, -0.2) is 43.5 Å². The molecule has 6 nitrogen and oxygen atoms in total. The Morgan fingerprint density at radius 2 is 1.90 bits per heavy atom. The molecule has 0 atom stereocenters. The van der Waals surface area contributed by atoms with Gasteiger partial charge in [-0.05, 0) is 62.1 Å². The molecule has 1 fully saturated rings. The van der Waals surface area contributed by atoms with Crippen molar-refractivity contribution in [3.63, 3.8) is 0 Å². The Labute approximate surface area is 187 Å². The molecule has 3 rings (SSSR count). The Hall–Kier alpha value is -2.99. The molecule has 2 aromatic carbocycles. The highest BCUT2D eigenvalue weighted by atomic mass is 35.5. The molecule has 0 aromatic heterocycles. The van der Waals surface area contributed by atoms with E-state index in [9.17, 15) is 9.59 Å². The lowest BCUT2D eigenvalue weighted by molar-refractivity contribution is -0.111. The summed E-state index contributed by atoms with van der Waals surface area (Å²) in [6.07, 6.45) is 6.20. The molecule has 2 amide bonds. The van der Waals surface area contributed by atoms with Crippen LogP contribution in [0.2, 0.25) is 5.02 Å². The first-order chi connectivity index (χ1) is 15.0. The number of likely N-dealkylation sites (tertiary alicyclic amines) is 1. The molecule has 0 bridgehead atoms. The minimum atomic E-state index is -0.344. The molecular weight excluding hydrogens is 416 g/mol. The number of benzene rings is 2. The highest BCUT2D eigenvalue weighted by Crippen LogP contribution is 2.36. The molecule has 1 heterocycles. The van der Waals surface area contributed by atoms with Gasteiger partial charge in [-0.1, -0.05) is 23.7 Å². The molecular formula is C24H27ClN2O4. The van der Waals surface area contributed by atoms with E-state index in [4.69, 9.17) is 21.1 Å². The van der Waals surface area contributed by atoms with Crippen LogP contribution in [0.3, 0.4) is 0 Å². The average Bonchev–Trinajstić information content (AvgIpc) is 2.78. The summed E-state index contributed by atoms with van der Waals surface area (Å²) in [5, 5.41) is 3.21. The lowest BCUT2D eigenvalue weighted by atomic mass is 10.1. The Bertz CT molecular complexity index is 968. The second-order valence-corrected chi connectivity index (χ2v) is 7.60. The van der Waals surface area contributed by atoms with Gasteiger partial charge in [0, 0.05) is 19.2 Å². The lowest BCUT2D eigenvalue weighted by Gasteiger charge is -2.27. The van der Waals surface area contributed by atoms with E-state index >= 15 is 0 Å². The number of nitrogens with one attached hydrogen (secondary N) is 1. The summed E-state index contributed by atoms with van der Waals surface area (Å²) in [6.45, 7) is 3.83. The van der Waals surface area contributed by atoms with Crippen molar-refractivity contribution in [2.24, 2.45) is 0 Å². The lowest BCUT2D eigenvalue weighted by Crippen LogP contribution is -2.36. The predicted molar refractivity (Wildman–Crippen MR) is 123 cm³/mol. The van der Waals surface area contributed by atoms with Crippen LogP contribution in [-0.2, 0) is 4.79 Å². The molecule has 0 aliphatic carbocycles. The fourth-order valence-electron chi connectivity index (χ4n) is 3.54. The van der Waals surface area contributed by atoms with Gasteiger partial charge in [0.1, 0.15) is 0 Å². The van der Waals surface area contributed by atoms with Crippen LogP contribution in [0.25, 0.3) is 6.08 Å². The second-order valence-electron chi connectivity index (χ2n) is 7.19. The summed E-state index contributed by atoms with van der Waals surface area (Å²) in [5.74, 6) is 0.567. The van der Waals surface area contributed by atoms with E-state index < -0.39 is 0 Å². The molecule has 1 N–H and O–H groups in total. The molecule has 0 spiro atoms. The maximum atomic E-state index is 12.9. The number of nitrogens with zero attached hydrogens (tertiary/aromatic N) is 1. The van der Waals surface area contributed by atoms with Gasteiger partial charge in [-0.3, -0.25) is 9.59 Å². The van der Waals surface area contributed by atoms with E-state index in [0.29, 0.717) is 39.9 Å². The van der Waals surface area contributed by atoms with E-state index in [0.717, 1.165) is 32.4 Å². The van der Waals surface area contributed by atoms with Gasteiger partial charge in [0.05, 0.1) is 30.0 Å². The Morgan fingerprint density at radius 1 is 1.16 bits per heavy atom. The normalized spacial score (nSPS) is 13.8. The van der Waals surface area contributed by atoms with Crippen molar-refractivity contribution in [2.45, 2.75) is 26.2 Å². The maximum Gasteiger partial charge on any atom is 0.255 e. The Morgan fingerprint density at radius 3 is 2.61 bits per heavy atom. The van der Waals surface area contributed by atoms with Crippen molar-refractivity contribution in [1.29, 1.82) is 0 Å². The van der Waals surface area contributed by atoms with Crippen LogP contribution in [0, 0.1) is 0 Å². The van der Waals surface area contributed by atoms with Crippen molar-refractivity contribution in [1.82, 2.24) is 4.90 Å². The van der Waals surface area contributed by atoms with Gasteiger partial charge in [0.25, 0.3) is 5.91 Å². The third-order valence-electron chi connectivity index (χ3n) is 5.02. The highest BCUT2D eigenvalue weighted by Gasteiger charge is 2.21. The molecule has 1 saturated heterocycles. The van der Waals surface area contributed by atoms with Crippen molar-refractivity contribution in [3.05, 3.63) is 58.6 Å². The second kappa shape index (κ2) is 10.9. The van der Waals surface area contributed by atoms with Gasteiger partial charge in [0.15, 0.2) is 11.5 Å². The molecule has 2 aromatic rings. The summed E-state index contributed by atoms with van der Waals surface area (Å²) in [6, 6.07) is 10.5. The van der Waals surface area contributed by atoms with Crippen LogP contribution in [0.5, 0.6) is 11.5 Å².